The first-order valence-electron chi connectivity index (χ1n) is 5.78. The number of hydrogen-bond acceptors (Lipinski definition) is 5. The van der Waals surface area contributed by atoms with Crippen molar-refractivity contribution in [3.05, 3.63) is 11.1 Å². The molecule has 0 radical (unpaired) electrons. The summed E-state index contributed by atoms with van der Waals surface area (Å²) in [6.07, 6.45) is 3.84. The number of nitrogens with one attached hydrogen (secondary N) is 1. The molecule has 1 aliphatic rings. The fourth-order valence-electron chi connectivity index (χ4n) is 1.87. The van der Waals surface area contributed by atoms with Gasteiger partial charge in [0.25, 0.3) is 0 Å². The van der Waals surface area contributed by atoms with Gasteiger partial charge >= 0.3 is 5.97 Å². The largest absolute Gasteiger partial charge is 0.480 e. The summed E-state index contributed by atoms with van der Waals surface area (Å²) in [6, 6.07) is -0.635. The highest BCUT2D eigenvalue weighted by Gasteiger charge is 2.25. The van der Waals surface area contributed by atoms with E-state index >= 15 is 0 Å². The second-order valence-electron chi connectivity index (χ2n) is 4.52. The van der Waals surface area contributed by atoms with Crippen molar-refractivity contribution in [2.45, 2.75) is 38.3 Å². The number of carboxylic acids is 1. The molecule has 1 aliphatic carbocycles. The Morgan fingerprint density at radius 3 is 2.94 bits per heavy atom. The van der Waals surface area contributed by atoms with Crippen LogP contribution in [0.25, 0.3) is 0 Å². The van der Waals surface area contributed by atoms with E-state index in [1.54, 1.807) is 5.38 Å². The molecular weight excluding hydrogens is 238 g/mol. The normalized spacial score (nSPS) is 19.4. The van der Waals surface area contributed by atoms with Crippen LogP contribution in [0.5, 0.6) is 0 Å². The van der Waals surface area contributed by atoms with Crippen molar-refractivity contribution in [1.29, 1.82) is 0 Å². The van der Waals surface area contributed by atoms with E-state index < -0.39 is 12.0 Å². The van der Waals surface area contributed by atoms with Crippen molar-refractivity contribution in [3.63, 3.8) is 0 Å². The average Bonchev–Trinajstić information content (AvgIpc) is 2.61. The fraction of sp³-hybridized carbons (Fsp3) is 0.636. The number of carboxylic acid groups (broad SMARTS) is 1. The Hall–Kier alpha value is -1.14. The van der Waals surface area contributed by atoms with Gasteiger partial charge in [-0.05, 0) is 25.7 Å². The van der Waals surface area contributed by atoms with Crippen molar-refractivity contribution in [2.75, 3.05) is 5.32 Å². The number of hydrogen-bond donors (Lipinski definition) is 3. The van der Waals surface area contributed by atoms with E-state index in [-0.39, 0.29) is 0 Å². The van der Waals surface area contributed by atoms with Crippen molar-refractivity contribution >= 4 is 22.4 Å². The number of rotatable bonds is 5. The van der Waals surface area contributed by atoms with E-state index in [1.165, 1.54) is 30.6 Å². The molecule has 0 bridgehead atoms. The van der Waals surface area contributed by atoms with Crippen LogP contribution in [0.15, 0.2) is 5.38 Å². The van der Waals surface area contributed by atoms with Gasteiger partial charge in [-0.2, -0.15) is 0 Å². The second kappa shape index (κ2) is 5.01. The standard InChI is InChI=1S/C11H17N3O2S/c1-6(7-3-2-4-7)13-11-14-8(5-17-11)9(12)10(15)16/h5-7,9H,2-4,12H2,1H3,(H,13,14)(H,15,16). The highest BCUT2D eigenvalue weighted by atomic mass is 32.1. The molecule has 4 N–H and O–H groups in total. The summed E-state index contributed by atoms with van der Waals surface area (Å²) < 4.78 is 0. The van der Waals surface area contributed by atoms with E-state index in [0.717, 1.165) is 11.0 Å². The third kappa shape index (κ3) is 2.76. The Labute approximate surface area is 104 Å². The summed E-state index contributed by atoms with van der Waals surface area (Å²) in [4.78, 5) is 14.9. The predicted octanol–water partition coefficient (Wildman–Crippen LogP) is 1.83. The lowest BCUT2D eigenvalue weighted by Crippen LogP contribution is -2.30. The second-order valence-corrected chi connectivity index (χ2v) is 5.38. The van der Waals surface area contributed by atoms with Gasteiger partial charge in [0, 0.05) is 11.4 Å². The van der Waals surface area contributed by atoms with Crippen LogP contribution in [0.4, 0.5) is 5.13 Å². The van der Waals surface area contributed by atoms with Crippen LogP contribution in [-0.2, 0) is 4.79 Å². The number of nitrogens with zero attached hydrogens (tertiary/aromatic N) is 1. The van der Waals surface area contributed by atoms with E-state index in [2.05, 4.69) is 17.2 Å². The molecule has 0 aromatic carbocycles. The number of aliphatic carboxylic acids is 1. The van der Waals surface area contributed by atoms with Gasteiger partial charge in [-0.15, -0.1) is 11.3 Å². The number of anilines is 1. The van der Waals surface area contributed by atoms with Gasteiger partial charge in [0.15, 0.2) is 5.13 Å². The van der Waals surface area contributed by atoms with E-state index in [1.807, 2.05) is 0 Å². The highest BCUT2D eigenvalue weighted by molar-refractivity contribution is 7.13. The van der Waals surface area contributed by atoms with Gasteiger partial charge < -0.3 is 16.2 Å². The molecule has 94 valence electrons. The SMILES string of the molecule is CC(Nc1nc(C(N)C(=O)O)cs1)C1CCC1. The summed E-state index contributed by atoms with van der Waals surface area (Å²) in [5, 5.41) is 14.6. The molecule has 0 saturated heterocycles. The Morgan fingerprint density at radius 1 is 1.71 bits per heavy atom. The van der Waals surface area contributed by atoms with Gasteiger partial charge in [-0.25, -0.2) is 4.98 Å². The Kier molecular flexibility index (Phi) is 3.63. The summed E-state index contributed by atoms with van der Waals surface area (Å²) in [5.74, 6) is -0.329. The fourth-order valence-corrected chi connectivity index (χ4v) is 2.72. The first kappa shape index (κ1) is 12.3. The van der Waals surface area contributed by atoms with Crippen molar-refractivity contribution < 1.29 is 9.90 Å². The molecule has 5 nitrogen and oxygen atoms in total. The van der Waals surface area contributed by atoms with Crippen LogP contribution in [0, 0.1) is 5.92 Å². The maximum atomic E-state index is 10.7. The number of carbonyl (C=O) groups is 1. The molecule has 0 amide bonds. The third-order valence-electron chi connectivity index (χ3n) is 3.31. The van der Waals surface area contributed by atoms with Crippen LogP contribution < -0.4 is 11.1 Å². The minimum atomic E-state index is -1.05. The topological polar surface area (TPSA) is 88.2 Å². The molecule has 6 heteroatoms. The van der Waals surface area contributed by atoms with Crippen molar-refractivity contribution in [2.24, 2.45) is 11.7 Å². The van der Waals surface area contributed by atoms with Gasteiger partial charge in [-0.3, -0.25) is 4.79 Å². The van der Waals surface area contributed by atoms with Crippen LogP contribution in [0.3, 0.4) is 0 Å². The molecule has 0 aliphatic heterocycles. The third-order valence-corrected chi connectivity index (χ3v) is 4.11. The quantitative estimate of drug-likeness (QED) is 0.747. The first-order valence-corrected chi connectivity index (χ1v) is 6.66. The zero-order valence-corrected chi connectivity index (χ0v) is 10.5. The predicted molar refractivity (Wildman–Crippen MR) is 67.1 cm³/mol. The van der Waals surface area contributed by atoms with E-state index in [9.17, 15) is 4.79 Å². The van der Waals surface area contributed by atoms with Crippen molar-refractivity contribution in [1.82, 2.24) is 4.98 Å². The van der Waals surface area contributed by atoms with Crippen LogP contribution in [-0.4, -0.2) is 22.1 Å². The molecule has 1 aromatic rings. The number of nitrogens with two attached hydrogens (primary N) is 1. The van der Waals surface area contributed by atoms with Crippen LogP contribution in [0.1, 0.15) is 37.9 Å². The monoisotopic (exact) mass is 255 g/mol. The lowest BCUT2D eigenvalue weighted by atomic mass is 9.80. The Morgan fingerprint density at radius 2 is 2.41 bits per heavy atom. The average molecular weight is 255 g/mol. The summed E-state index contributed by atoms with van der Waals surface area (Å²) in [7, 11) is 0. The molecule has 2 atom stereocenters. The van der Waals surface area contributed by atoms with Gasteiger partial charge in [0.05, 0.1) is 5.69 Å². The Bertz CT molecular complexity index is 403. The molecule has 2 rings (SSSR count). The summed E-state index contributed by atoms with van der Waals surface area (Å²) in [5.41, 5.74) is 5.92. The molecule has 17 heavy (non-hydrogen) atoms. The number of aromatic nitrogens is 1. The summed E-state index contributed by atoms with van der Waals surface area (Å²) in [6.45, 7) is 2.14. The first-order chi connectivity index (χ1) is 8.08. The Balaban J connectivity index is 1.95. The molecule has 1 heterocycles. The van der Waals surface area contributed by atoms with E-state index in [4.69, 9.17) is 10.8 Å². The zero-order chi connectivity index (χ0) is 12.4. The molecule has 1 saturated carbocycles. The van der Waals surface area contributed by atoms with Crippen molar-refractivity contribution in [3.8, 4) is 0 Å². The van der Waals surface area contributed by atoms with Gasteiger partial charge in [0.2, 0.25) is 0 Å². The zero-order valence-electron chi connectivity index (χ0n) is 9.72. The lowest BCUT2D eigenvalue weighted by molar-refractivity contribution is -0.138. The molecule has 1 aromatic heterocycles. The molecular formula is C11H17N3O2S. The van der Waals surface area contributed by atoms with E-state index in [0.29, 0.717) is 11.7 Å². The highest BCUT2D eigenvalue weighted by Crippen LogP contribution is 2.31. The molecule has 2 unspecified atom stereocenters. The minimum Gasteiger partial charge on any atom is -0.480 e. The van der Waals surface area contributed by atoms with Crippen LogP contribution in [0.2, 0.25) is 0 Å². The lowest BCUT2D eigenvalue weighted by Gasteiger charge is -2.31. The number of thiazole rings is 1. The molecule has 0 spiro atoms. The van der Waals surface area contributed by atoms with Crippen LogP contribution >= 0.6 is 11.3 Å². The molecule has 1 fully saturated rings. The summed E-state index contributed by atoms with van der Waals surface area (Å²) >= 11 is 1.41. The minimum absolute atomic E-state index is 0.392. The van der Waals surface area contributed by atoms with Gasteiger partial charge in [0.1, 0.15) is 6.04 Å². The smallest absolute Gasteiger partial charge is 0.326 e. The maximum Gasteiger partial charge on any atom is 0.326 e. The maximum absolute atomic E-state index is 10.7. The van der Waals surface area contributed by atoms with Gasteiger partial charge in [-0.1, -0.05) is 6.42 Å².